The quantitative estimate of drug-likeness (QED) is 0.770. The molecule has 0 amide bonds. The Balaban J connectivity index is 2.19. The fourth-order valence-electron chi connectivity index (χ4n) is 1.75. The Labute approximate surface area is 112 Å². The zero-order valence-electron chi connectivity index (χ0n) is 10.7. The molecule has 1 fully saturated rings. The van der Waals surface area contributed by atoms with Gasteiger partial charge in [-0.2, -0.15) is 0 Å². The first-order valence-electron chi connectivity index (χ1n) is 6.08. The molecular formula is C14H17ClO3. The highest BCUT2D eigenvalue weighted by Crippen LogP contribution is 2.33. The van der Waals surface area contributed by atoms with E-state index in [1.165, 1.54) is 20.0 Å². The summed E-state index contributed by atoms with van der Waals surface area (Å²) in [5.41, 5.74) is 1.74. The summed E-state index contributed by atoms with van der Waals surface area (Å²) >= 11 is 6.18. The lowest BCUT2D eigenvalue weighted by Crippen LogP contribution is -2.09. The largest absolute Gasteiger partial charge is 0.493 e. The Kier molecular flexibility index (Phi) is 4.12. The zero-order chi connectivity index (χ0) is 13.1. The van der Waals surface area contributed by atoms with E-state index in [1.54, 1.807) is 0 Å². The van der Waals surface area contributed by atoms with Crippen LogP contribution in [0.15, 0.2) is 12.1 Å². The van der Waals surface area contributed by atoms with Gasteiger partial charge in [0.2, 0.25) is 0 Å². The average molecular weight is 269 g/mol. The third-order valence-electron chi connectivity index (χ3n) is 3.02. The van der Waals surface area contributed by atoms with Gasteiger partial charge in [0.05, 0.1) is 20.1 Å². The molecule has 1 aliphatic carbocycles. The van der Waals surface area contributed by atoms with Crippen LogP contribution in [0, 0.1) is 12.8 Å². The van der Waals surface area contributed by atoms with Crippen molar-refractivity contribution in [2.45, 2.75) is 26.2 Å². The van der Waals surface area contributed by atoms with Crippen molar-refractivity contribution in [2.75, 3.05) is 13.7 Å². The Morgan fingerprint density at radius 1 is 1.44 bits per heavy atom. The summed E-state index contributed by atoms with van der Waals surface area (Å²) in [6.07, 6.45) is 2.60. The first-order chi connectivity index (χ1) is 8.60. The summed E-state index contributed by atoms with van der Waals surface area (Å²) in [5, 5.41) is 0.561. The smallest absolute Gasteiger partial charge is 0.310 e. The van der Waals surface area contributed by atoms with E-state index in [2.05, 4.69) is 4.74 Å². The van der Waals surface area contributed by atoms with Gasteiger partial charge in [-0.1, -0.05) is 11.6 Å². The van der Waals surface area contributed by atoms with Crippen LogP contribution in [0.3, 0.4) is 0 Å². The molecule has 0 unspecified atom stereocenters. The van der Waals surface area contributed by atoms with E-state index in [4.69, 9.17) is 16.3 Å². The summed E-state index contributed by atoms with van der Waals surface area (Å²) in [6, 6.07) is 3.76. The Hall–Kier alpha value is -1.22. The molecule has 4 heteroatoms. The van der Waals surface area contributed by atoms with Crippen LogP contribution < -0.4 is 4.74 Å². The van der Waals surface area contributed by atoms with E-state index in [-0.39, 0.29) is 12.4 Å². The molecule has 0 aliphatic heterocycles. The molecule has 0 spiro atoms. The standard InChI is InChI=1S/C14H17ClO3/c1-9-5-12(15)11(7-14(16)17-2)13(6-9)18-8-10-3-4-10/h5-6,10H,3-4,7-8H2,1-2H3. The number of halogens is 1. The van der Waals surface area contributed by atoms with Gasteiger partial charge in [-0.05, 0) is 43.4 Å². The number of benzene rings is 1. The highest BCUT2D eigenvalue weighted by molar-refractivity contribution is 6.31. The molecule has 98 valence electrons. The van der Waals surface area contributed by atoms with Gasteiger partial charge in [0.1, 0.15) is 5.75 Å². The van der Waals surface area contributed by atoms with Crippen LogP contribution in [-0.4, -0.2) is 19.7 Å². The van der Waals surface area contributed by atoms with Gasteiger partial charge in [-0.15, -0.1) is 0 Å². The van der Waals surface area contributed by atoms with Crippen LogP contribution in [-0.2, 0) is 16.0 Å². The van der Waals surface area contributed by atoms with Gasteiger partial charge in [-0.25, -0.2) is 0 Å². The number of hydrogen-bond donors (Lipinski definition) is 0. The monoisotopic (exact) mass is 268 g/mol. The van der Waals surface area contributed by atoms with Gasteiger partial charge in [0, 0.05) is 10.6 Å². The summed E-state index contributed by atoms with van der Waals surface area (Å²) in [7, 11) is 1.37. The van der Waals surface area contributed by atoms with Gasteiger partial charge < -0.3 is 9.47 Å². The van der Waals surface area contributed by atoms with E-state index >= 15 is 0 Å². The molecule has 3 nitrogen and oxygen atoms in total. The minimum absolute atomic E-state index is 0.148. The number of aryl methyl sites for hydroxylation is 1. The first kappa shape index (κ1) is 13.2. The highest BCUT2D eigenvalue weighted by Gasteiger charge is 2.23. The summed E-state index contributed by atoms with van der Waals surface area (Å²) in [4.78, 5) is 11.4. The maximum atomic E-state index is 11.4. The predicted octanol–water partition coefficient (Wildman–Crippen LogP) is 3.15. The topological polar surface area (TPSA) is 35.5 Å². The number of ether oxygens (including phenoxy) is 2. The van der Waals surface area contributed by atoms with Crippen LogP contribution >= 0.6 is 11.6 Å². The molecule has 2 rings (SSSR count). The molecule has 1 aliphatic rings. The molecular weight excluding hydrogens is 252 g/mol. The van der Waals surface area contributed by atoms with Crippen molar-refractivity contribution >= 4 is 17.6 Å². The second-order valence-corrected chi connectivity index (χ2v) is 5.14. The molecule has 0 saturated heterocycles. The number of hydrogen-bond acceptors (Lipinski definition) is 3. The molecule has 1 saturated carbocycles. The minimum atomic E-state index is -0.308. The lowest BCUT2D eigenvalue weighted by molar-refractivity contribution is -0.139. The van der Waals surface area contributed by atoms with Gasteiger partial charge in [-0.3, -0.25) is 4.79 Å². The van der Waals surface area contributed by atoms with Gasteiger partial charge in [0.25, 0.3) is 0 Å². The molecule has 1 aromatic rings. The van der Waals surface area contributed by atoms with Crippen LogP contribution in [0.5, 0.6) is 5.75 Å². The summed E-state index contributed by atoms with van der Waals surface area (Å²) < 4.78 is 10.5. The Bertz CT molecular complexity index is 453. The lowest BCUT2D eigenvalue weighted by atomic mass is 10.1. The number of methoxy groups -OCH3 is 1. The molecule has 0 heterocycles. The molecule has 0 N–H and O–H groups in total. The maximum Gasteiger partial charge on any atom is 0.310 e. The van der Waals surface area contributed by atoms with E-state index in [0.717, 1.165) is 11.1 Å². The van der Waals surface area contributed by atoms with Crippen molar-refractivity contribution in [3.05, 3.63) is 28.3 Å². The van der Waals surface area contributed by atoms with E-state index in [9.17, 15) is 4.79 Å². The molecule has 1 aromatic carbocycles. The SMILES string of the molecule is COC(=O)Cc1c(Cl)cc(C)cc1OCC1CC1. The van der Waals surface area contributed by atoms with Crippen molar-refractivity contribution < 1.29 is 14.3 Å². The normalized spacial score (nSPS) is 14.4. The van der Waals surface area contributed by atoms with E-state index < -0.39 is 0 Å². The molecule has 0 bridgehead atoms. The fraction of sp³-hybridized carbons (Fsp3) is 0.500. The number of carbonyl (C=O) groups is 1. The van der Waals surface area contributed by atoms with Crippen LogP contribution in [0.1, 0.15) is 24.0 Å². The molecule has 18 heavy (non-hydrogen) atoms. The van der Waals surface area contributed by atoms with Gasteiger partial charge in [0.15, 0.2) is 0 Å². The highest BCUT2D eigenvalue weighted by atomic mass is 35.5. The number of esters is 1. The number of carbonyl (C=O) groups excluding carboxylic acids is 1. The zero-order valence-corrected chi connectivity index (χ0v) is 11.4. The van der Waals surface area contributed by atoms with E-state index in [1.807, 2.05) is 19.1 Å². The van der Waals surface area contributed by atoms with Crippen LogP contribution in [0.4, 0.5) is 0 Å². The van der Waals surface area contributed by atoms with Crippen molar-refractivity contribution in [3.63, 3.8) is 0 Å². The van der Waals surface area contributed by atoms with Crippen LogP contribution in [0.2, 0.25) is 5.02 Å². The summed E-state index contributed by atoms with van der Waals surface area (Å²) in [5.74, 6) is 1.06. The third-order valence-corrected chi connectivity index (χ3v) is 3.36. The molecule has 0 aromatic heterocycles. The summed E-state index contributed by atoms with van der Waals surface area (Å²) in [6.45, 7) is 2.66. The fourth-order valence-corrected chi connectivity index (χ4v) is 2.08. The van der Waals surface area contributed by atoms with Crippen molar-refractivity contribution in [2.24, 2.45) is 5.92 Å². The van der Waals surface area contributed by atoms with Crippen molar-refractivity contribution in [1.82, 2.24) is 0 Å². The number of rotatable bonds is 5. The second kappa shape index (κ2) is 5.61. The molecule has 0 atom stereocenters. The van der Waals surface area contributed by atoms with Crippen molar-refractivity contribution in [3.8, 4) is 5.75 Å². The average Bonchev–Trinajstić information content (AvgIpc) is 3.13. The van der Waals surface area contributed by atoms with Crippen LogP contribution in [0.25, 0.3) is 0 Å². The third kappa shape index (κ3) is 3.39. The Morgan fingerprint density at radius 3 is 2.78 bits per heavy atom. The minimum Gasteiger partial charge on any atom is -0.493 e. The van der Waals surface area contributed by atoms with Crippen molar-refractivity contribution in [1.29, 1.82) is 0 Å². The Morgan fingerprint density at radius 2 is 2.17 bits per heavy atom. The lowest BCUT2D eigenvalue weighted by Gasteiger charge is -2.13. The van der Waals surface area contributed by atoms with E-state index in [0.29, 0.717) is 23.3 Å². The maximum absolute atomic E-state index is 11.4. The molecule has 0 radical (unpaired) electrons. The predicted molar refractivity (Wildman–Crippen MR) is 70.1 cm³/mol. The van der Waals surface area contributed by atoms with Gasteiger partial charge >= 0.3 is 5.97 Å². The second-order valence-electron chi connectivity index (χ2n) is 4.73. The first-order valence-corrected chi connectivity index (χ1v) is 6.46.